The Morgan fingerprint density at radius 2 is 2.05 bits per heavy atom. The van der Waals surface area contributed by atoms with Crippen LogP contribution in [0.5, 0.6) is 5.75 Å². The van der Waals surface area contributed by atoms with Crippen LogP contribution in [0.25, 0.3) is 0 Å². The van der Waals surface area contributed by atoms with E-state index in [9.17, 15) is 0 Å². The van der Waals surface area contributed by atoms with Gasteiger partial charge in [-0.1, -0.05) is 27.7 Å². The number of methoxy groups -OCH3 is 1. The Balaban J connectivity index is 2.91. The molecule has 1 rings (SSSR count). The van der Waals surface area contributed by atoms with Crippen LogP contribution in [0.1, 0.15) is 59.6 Å². The van der Waals surface area contributed by atoms with Crippen LogP contribution in [-0.2, 0) is 12.0 Å². The first-order valence-electron chi connectivity index (χ1n) is 7.79. The fraction of sp³-hybridized carbons (Fsp3) is 0.812. The highest BCUT2D eigenvalue weighted by molar-refractivity contribution is 5.32. The molecule has 4 nitrogen and oxygen atoms in total. The second-order valence-corrected chi connectivity index (χ2v) is 6.23. The van der Waals surface area contributed by atoms with Crippen LogP contribution in [0, 0.1) is 0 Å². The molecule has 116 valence electrons. The quantitative estimate of drug-likeness (QED) is 0.754. The summed E-state index contributed by atoms with van der Waals surface area (Å²) in [5, 5.41) is 8.05. The van der Waals surface area contributed by atoms with E-state index in [1.807, 2.05) is 6.20 Å². The number of hydrogen-bond acceptors (Lipinski definition) is 3. The minimum absolute atomic E-state index is 0.0389. The fourth-order valence-corrected chi connectivity index (χ4v) is 2.91. The summed E-state index contributed by atoms with van der Waals surface area (Å²) in [5.74, 6) is 0.908. The third-order valence-corrected chi connectivity index (χ3v) is 3.66. The Labute approximate surface area is 123 Å². The first-order valence-corrected chi connectivity index (χ1v) is 7.79. The largest absolute Gasteiger partial charge is 0.493 e. The molecule has 0 radical (unpaired) electrons. The molecule has 20 heavy (non-hydrogen) atoms. The minimum Gasteiger partial charge on any atom is -0.493 e. The van der Waals surface area contributed by atoms with Crippen molar-refractivity contribution in [1.82, 2.24) is 15.1 Å². The van der Waals surface area contributed by atoms with E-state index in [1.54, 1.807) is 7.11 Å². The lowest BCUT2D eigenvalue weighted by molar-refractivity contribution is 0.338. The van der Waals surface area contributed by atoms with Crippen LogP contribution in [0.4, 0.5) is 0 Å². The number of hydrogen-bond donors (Lipinski definition) is 1. The number of nitrogens with one attached hydrogen (secondary N) is 1. The van der Waals surface area contributed by atoms with Gasteiger partial charge in [0, 0.05) is 18.0 Å². The Morgan fingerprint density at radius 1 is 1.35 bits per heavy atom. The molecule has 1 heterocycles. The summed E-state index contributed by atoms with van der Waals surface area (Å²) in [7, 11) is 1.73. The van der Waals surface area contributed by atoms with Gasteiger partial charge in [0.2, 0.25) is 0 Å². The third kappa shape index (κ3) is 4.23. The molecule has 0 aromatic carbocycles. The van der Waals surface area contributed by atoms with Crippen LogP contribution in [0.2, 0.25) is 0 Å². The smallest absolute Gasteiger partial charge is 0.160 e. The van der Waals surface area contributed by atoms with E-state index in [-0.39, 0.29) is 5.41 Å². The maximum Gasteiger partial charge on any atom is 0.160 e. The van der Waals surface area contributed by atoms with Crippen molar-refractivity contribution >= 4 is 0 Å². The van der Waals surface area contributed by atoms with Gasteiger partial charge in [0.1, 0.15) is 0 Å². The third-order valence-electron chi connectivity index (χ3n) is 3.66. The van der Waals surface area contributed by atoms with Crippen molar-refractivity contribution < 1.29 is 4.74 Å². The van der Waals surface area contributed by atoms with Crippen molar-refractivity contribution in [3.63, 3.8) is 0 Å². The van der Waals surface area contributed by atoms with Gasteiger partial charge in [-0.05, 0) is 32.7 Å². The van der Waals surface area contributed by atoms with Gasteiger partial charge in [0.25, 0.3) is 0 Å². The average molecular weight is 281 g/mol. The maximum absolute atomic E-state index is 5.52. The van der Waals surface area contributed by atoms with Crippen molar-refractivity contribution in [2.24, 2.45) is 0 Å². The Bertz CT molecular complexity index is 398. The fourth-order valence-electron chi connectivity index (χ4n) is 2.91. The Hall–Kier alpha value is -1.03. The number of aryl methyl sites for hydroxylation is 1. The van der Waals surface area contributed by atoms with E-state index < -0.39 is 0 Å². The van der Waals surface area contributed by atoms with E-state index in [2.05, 4.69) is 49.7 Å². The van der Waals surface area contributed by atoms with Gasteiger partial charge >= 0.3 is 0 Å². The second kappa shape index (κ2) is 7.67. The summed E-state index contributed by atoms with van der Waals surface area (Å²) >= 11 is 0. The molecule has 1 N–H and O–H groups in total. The zero-order valence-electron chi connectivity index (χ0n) is 14.0. The highest BCUT2D eigenvalue weighted by atomic mass is 16.5. The van der Waals surface area contributed by atoms with E-state index in [1.165, 1.54) is 12.1 Å². The summed E-state index contributed by atoms with van der Waals surface area (Å²) in [6, 6.07) is 0.486. The molecule has 0 saturated heterocycles. The van der Waals surface area contributed by atoms with Gasteiger partial charge in [0.15, 0.2) is 5.75 Å². The number of ether oxygens (including phenoxy) is 1. The van der Waals surface area contributed by atoms with Gasteiger partial charge in [-0.25, -0.2) is 0 Å². The lowest BCUT2D eigenvalue weighted by atomic mass is 9.82. The molecule has 0 amide bonds. The molecule has 1 aromatic heterocycles. The monoisotopic (exact) mass is 281 g/mol. The standard InChI is InChI=1S/C16H31N3O/c1-7-9-17-13(3)11-16(4,5)15-14(20-6)12-18-19(15)10-8-2/h12-13,17H,7-11H2,1-6H3. The first-order chi connectivity index (χ1) is 9.46. The summed E-state index contributed by atoms with van der Waals surface area (Å²) < 4.78 is 7.62. The Kier molecular flexibility index (Phi) is 6.53. The molecule has 0 aliphatic rings. The van der Waals surface area contributed by atoms with E-state index in [4.69, 9.17) is 4.74 Å². The van der Waals surface area contributed by atoms with Crippen molar-refractivity contribution in [3.8, 4) is 5.75 Å². The number of rotatable bonds is 9. The van der Waals surface area contributed by atoms with Crippen LogP contribution in [0.15, 0.2) is 6.20 Å². The molecule has 0 fully saturated rings. The van der Waals surface area contributed by atoms with Gasteiger partial charge < -0.3 is 10.1 Å². The van der Waals surface area contributed by atoms with Gasteiger partial charge in [-0.15, -0.1) is 0 Å². The predicted molar refractivity (Wildman–Crippen MR) is 84.5 cm³/mol. The molecule has 1 atom stereocenters. The lowest BCUT2D eigenvalue weighted by Crippen LogP contribution is -2.35. The predicted octanol–water partition coefficient (Wildman–Crippen LogP) is 3.36. The summed E-state index contributed by atoms with van der Waals surface area (Å²) in [5.41, 5.74) is 1.25. The van der Waals surface area contributed by atoms with Crippen LogP contribution in [-0.4, -0.2) is 29.5 Å². The molecule has 0 aliphatic carbocycles. The highest BCUT2D eigenvalue weighted by Gasteiger charge is 2.30. The lowest BCUT2D eigenvalue weighted by Gasteiger charge is -2.30. The molecular formula is C16H31N3O. The number of nitrogens with zero attached hydrogens (tertiary/aromatic N) is 2. The average Bonchev–Trinajstić information content (AvgIpc) is 2.80. The maximum atomic E-state index is 5.52. The molecule has 0 bridgehead atoms. The van der Waals surface area contributed by atoms with Crippen LogP contribution < -0.4 is 10.1 Å². The van der Waals surface area contributed by atoms with E-state index in [0.717, 1.165) is 31.7 Å². The second-order valence-electron chi connectivity index (χ2n) is 6.23. The minimum atomic E-state index is 0.0389. The zero-order valence-corrected chi connectivity index (χ0v) is 14.0. The molecule has 4 heteroatoms. The molecule has 0 aliphatic heterocycles. The van der Waals surface area contributed by atoms with Gasteiger partial charge in [-0.3, -0.25) is 4.68 Å². The first kappa shape index (κ1) is 17.0. The molecule has 1 aromatic rings. The van der Waals surface area contributed by atoms with Crippen molar-refractivity contribution in [2.75, 3.05) is 13.7 Å². The summed E-state index contributed by atoms with van der Waals surface area (Å²) in [4.78, 5) is 0. The summed E-state index contributed by atoms with van der Waals surface area (Å²) in [6.07, 6.45) is 5.16. The van der Waals surface area contributed by atoms with Crippen LogP contribution >= 0.6 is 0 Å². The molecular weight excluding hydrogens is 250 g/mol. The zero-order chi connectivity index (χ0) is 15.2. The topological polar surface area (TPSA) is 39.1 Å². The van der Waals surface area contributed by atoms with E-state index in [0.29, 0.717) is 6.04 Å². The SMILES string of the molecule is CCCNC(C)CC(C)(C)c1c(OC)cnn1CCC. The van der Waals surface area contributed by atoms with E-state index >= 15 is 0 Å². The van der Waals surface area contributed by atoms with Crippen molar-refractivity contribution in [1.29, 1.82) is 0 Å². The summed E-state index contributed by atoms with van der Waals surface area (Å²) in [6.45, 7) is 13.2. The molecule has 0 saturated carbocycles. The Morgan fingerprint density at radius 3 is 2.60 bits per heavy atom. The highest BCUT2D eigenvalue weighted by Crippen LogP contribution is 2.35. The van der Waals surface area contributed by atoms with Crippen molar-refractivity contribution in [2.45, 2.75) is 71.9 Å². The molecule has 0 spiro atoms. The number of aromatic nitrogens is 2. The molecule has 1 unspecified atom stereocenters. The van der Waals surface area contributed by atoms with Gasteiger partial charge in [0.05, 0.1) is 19.0 Å². The normalized spacial score (nSPS) is 13.5. The van der Waals surface area contributed by atoms with Crippen molar-refractivity contribution in [3.05, 3.63) is 11.9 Å². The van der Waals surface area contributed by atoms with Crippen LogP contribution in [0.3, 0.4) is 0 Å². The van der Waals surface area contributed by atoms with Gasteiger partial charge in [-0.2, -0.15) is 5.10 Å².